The molecule has 0 aromatic carbocycles. The predicted molar refractivity (Wildman–Crippen MR) is 53.1 cm³/mol. The van der Waals surface area contributed by atoms with E-state index in [2.05, 4.69) is 17.6 Å². The minimum absolute atomic E-state index is 0.0476. The van der Waals surface area contributed by atoms with Gasteiger partial charge in [0.05, 0.1) is 12.6 Å². The standard InChI is InChI=1S/C10H18N2O2/c1-10(3-4-10)7-11-9(13)12-8-2-5-14-6-8/h8H,2-7H2,1H3,(H2,11,12,13). The van der Waals surface area contributed by atoms with E-state index in [0.29, 0.717) is 12.0 Å². The Morgan fingerprint density at radius 2 is 2.36 bits per heavy atom. The van der Waals surface area contributed by atoms with Gasteiger partial charge in [0, 0.05) is 13.2 Å². The summed E-state index contributed by atoms with van der Waals surface area (Å²) < 4.78 is 5.17. The first-order valence-electron chi connectivity index (χ1n) is 5.30. The summed E-state index contributed by atoms with van der Waals surface area (Å²) in [6.07, 6.45) is 3.41. The summed E-state index contributed by atoms with van der Waals surface area (Å²) >= 11 is 0. The number of hydrogen-bond donors (Lipinski definition) is 2. The normalized spacial score (nSPS) is 28.5. The van der Waals surface area contributed by atoms with Crippen LogP contribution in [0, 0.1) is 5.41 Å². The minimum Gasteiger partial charge on any atom is -0.379 e. The lowest BCUT2D eigenvalue weighted by Gasteiger charge is -2.14. The van der Waals surface area contributed by atoms with Gasteiger partial charge in [-0.15, -0.1) is 0 Å². The lowest BCUT2D eigenvalue weighted by atomic mass is 10.1. The molecule has 1 atom stereocenters. The zero-order valence-corrected chi connectivity index (χ0v) is 8.64. The van der Waals surface area contributed by atoms with Gasteiger partial charge in [0.1, 0.15) is 0 Å². The second-order valence-corrected chi connectivity index (χ2v) is 4.70. The van der Waals surface area contributed by atoms with Crippen molar-refractivity contribution in [3.63, 3.8) is 0 Å². The third-order valence-electron chi connectivity index (χ3n) is 3.04. The van der Waals surface area contributed by atoms with Gasteiger partial charge >= 0.3 is 6.03 Å². The van der Waals surface area contributed by atoms with Gasteiger partial charge in [0.25, 0.3) is 0 Å². The van der Waals surface area contributed by atoms with Crippen molar-refractivity contribution in [1.29, 1.82) is 0 Å². The number of nitrogens with one attached hydrogen (secondary N) is 2. The fourth-order valence-corrected chi connectivity index (χ4v) is 1.57. The van der Waals surface area contributed by atoms with Crippen molar-refractivity contribution in [1.82, 2.24) is 10.6 Å². The highest BCUT2D eigenvalue weighted by Crippen LogP contribution is 2.43. The highest BCUT2D eigenvalue weighted by molar-refractivity contribution is 5.74. The van der Waals surface area contributed by atoms with E-state index in [1.807, 2.05) is 0 Å². The average Bonchev–Trinajstić information content (AvgIpc) is 2.67. The van der Waals surface area contributed by atoms with Crippen LogP contribution in [0.15, 0.2) is 0 Å². The van der Waals surface area contributed by atoms with Gasteiger partial charge in [-0.2, -0.15) is 0 Å². The van der Waals surface area contributed by atoms with Crippen molar-refractivity contribution in [2.45, 2.75) is 32.2 Å². The van der Waals surface area contributed by atoms with E-state index < -0.39 is 0 Å². The monoisotopic (exact) mass is 198 g/mol. The van der Waals surface area contributed by atoms with Crippen LogP contribution in [0.2, 0.25) is 0 Å². The zero-order chi connectivity index (χ0) is 10.0. The number of ether oxygens (including phenoxy) is 1. The number of rotatable bonds is 3. The summed E-state index contributed by atoms with van der Waals surface area (Å²) in [4.78, 5) is 11.4. The molecular weight excluding hydrogens is 180 g/mol. The van der Waals surface area contributed by atoms with Crippen molar-refractivity contribution >= 4 is 6.03 Å². The van der Waals surface area contributed by atoms with Crippen LogP contribution in [0.5, 0.6) is 0 Å². The lowest BCUT2D eigenvalue weighted by Crippen LogP contribution is -2.43. The van der Waals surface area contributed by atoms with Crippen molar-refractivity contribution in [3.05, 3.63) is 0 Å². The zero-order valence-electron chi connectivity index (χ0n) is 8.64. The molecule has 2 amide bonds. The average molecular weight is 198 g/mol. The Balaban J connectivity index is 1.62. The summed E-state index contributed by atoms with van der Waals surface area (Å²) in [7, 11) is 0. The Hall–Kier alpha value is -0.770. The number of carbonyl (C=O) groups excluding carboxylic acids is 1. The van der Waals surface area contributed by atoms with Crippen molar-refractivity contribution < 1.29 is 9.53 Å². The first-order valence-corrected chi connectivity index (χ1v) is 5.30. The maximum Gasteiger partial charge on any atom is 0.315 e. The maximum atomic E-state index is 11.4. The highest BCUT2D eigenvalue weighted by Gasteiger charge is 2.37. The Bertz CT molecular complexity index is 220. The third kappa shape index (κ3) is 2.61. The number of carbonyl (C=O) groups is 1. The van der Waals surface area contributed by atoms with Gasteiger partial charge < -0.3 is 15.4 Å². The molecule has 2 N–H and O–H groups in total. The Morgan fingerprint density at radius 1 is 1.57 bits per heavy atom. The van der Waals surface area contributed by atoms with Crippen LogP contribution < -0.4 is 10.6 Å². The van der Waals surface area contributed by atoms with Crippen molar-refractivity contribution in [2.24, 2.45) is 5.41 Å². The van der Waals surface area contributed by atoms with Gasteiger partial charge in [-0.25, -0.2) is 4.79 Å². The van der Waals surface area contributed by atoms with Crippen LogP contribution in [-0.4, -0.2) is 31.8 Å². The molecule has 0 radical (unpaired) electrons. The summed E-state index contributed by atoms with van der Waals surface area (Å²) in [6.45, 7) is 4.42. The van der Waals surface area contributed by atoms with E-state index in [-0.39, 0.29) is 12.1 Å². The summed E-state index contributed by atoms with van der Waals surface area (Å²) in [5.41, 5.74) is 0.378. The quantitative estimate of drug-likeness (QED) is 0.707. The molecule has 1 unspecified atom stereocenters. The predicted octanol–water partition coefficient (Wildman–Crippen LogP) is 0.875. The summed E-state index contributed by atoms with van der Waals surface area (Å²) in [5, 5.41) is 5.81. The minimum atomic E-state index is -0.0476. The third-order valence-corrected chi connectivity index (χ3v) is 3.04. The number of amides is 2. The van der Waals surface area contributed by atoms with Crippen LogP contribution in [0.4, 0.5) is 4.79 Å². The Morgan fingerprint density at radius 3 is 2.93 bits per heavy atom. The smallest absolute Gasteiger partial charge is 0.315 e. The molecule has 1 aliphatic heterocycles. The van der Waals surface area contributed by atoms with Gasteiger partial charge in [-0.3, -0.25) is 0 Å². The highest BCUT2D eigenvalue weighted by atomic mass is 16.5. The van der Waals surface area contributed by atoms with E-state index in [0.717, 1.165) is 19.6 Å². The summed E-state index contributed by atoms with van der Waals surface area (Å²) in [5.74, 6) is 0. The van der Waals surface area contributed by atoms with Crippen LogP contribution in [0.3, 0.4) is 0 Å². The lowest BCUT2D eigenvalue weighted by molar-refractivity contribution is 0.188. The van der Waals surface area contributed by atoms with Gasteiger partial charge in [0.15, 0.2) is 0 Å². The van der Waals surface area contributed by atoms with E-state index >= 15 is 0 Å². The first-order chi connectivity index (χ1) is 6.68. The molecule has 4 nitrogen and oxygen atoms in total. The van der Waals surface area contributed by atoms with Gasteiger partial charge in [-0.05, 0) is 24.7 Å². The SMILES string of the molecule is CC1(CNC(=O)NC2CCOC2)CC1. The van der Waals surface area contributed by atoms with Gasteiger partial charge in [0.2, 0.25) is 0 Å². The molecule has 1 saturated carbocycles. The van der Waals surface area contributed by atoms with E-state index in [9.17, 15) is 4.79 Å². The van der Waals surface area contributed by atoms with Crippen molar-refractivity contribution in [3.8, 4) is 0 Å². The van der Waals surface area contributed by atoms with Crippen molar-refractivity contribution in [2.75, 3.05) is 19.8 Å². The molecule has 1 saturated heterocycles. The van der Waals surface area contributed by atoms with Crippen LogP contribution in [0.25, 0.3) is 0 Å². The molecule has 14 heavy (non-hydrogen) atoms. The second kappa shape index (κ2) is 3.77. The second-order valence-electron chi connectivity index (χ2n) is 4.70. The molecule has 0 spiro atoms. The van der Waals surface area contributed by atoms with E-state index in [1.54, 1.807) is 0 Å². The molecule has 4 heteroatoms. The van der Waals surface area contributed by atoms with E-state index in [4.69, 9.17) is 4.74 Å². The molecule has 1 heterocycles. The Labute approximate surface area is 84.4 Å². The molecule has 0 aromatic heterocycles. The van der Waals surface area contributed by atoms with Crippen LogP contribution in [-0.2, 0) is 4.74 Å². The van der Waals surface area contributed by atoms with Crippen LogP contribution >= 0.6 is 0 Å². The molecule has 2 aliphatic rings. The molecule has 80 valence electrons. The fraction of sp³-hybridized carbons (Fsp3) is 0.900. The van der Waals surface area contributed by atoms with Gasteiger partial charge in [-0.1, -0.05) is 6.92 Å². The largest absolute Gasteiger partial charge is 0.379 e. The maximum absolute atomic E-state index is 11.4. The molecule has 0 bridgehead atoms. The Kier molecular flexibility index (Phi) is 2.63. The molecule has 2 rings (SSSR count). The van der Waals surface area contributed by atoms with E-state index in [1.165, 1.54) is 12.8 Å². The fourth-order valence-electron chi connectivity index (χ4n) is 1.57. The molecule has 1 aliphatic carbocycles. The number of urea groups is 1. The van der Waals surface area contributed by atoms with Crippen LogP contribution in [0.1, 0.15) is 26.2 Å². The first kappa shape index (κ1) is 9.77. The topological polar surface area (TPSA) is 50.4 Å². The molecule has 0 aromatic rings. The molecule has 2 fully saturated rings. The number of hydrogen-bond acceptors (Lipinski definition) is 2. The molecular formula is C10H18N2O2. The summed E-state index contributed by atoms with van der Waals surface area (Å²) in [6, 6.07) is 0.163.